The summed E-state index contributed by atoms with van der Waals surface area (Å²) in [6.45, 7) is 3.37. The highest BCUT2D eigenvalue weighted by molar-refractivity contribution is 5.47. The molecule has 0 aromatic heterocycles. The summed E-state index contributed by atoms with van der Waals surface area (Å²) in [4.78, 5) is 0. The molecule has 0 saturated carbocycles. The number of anilines is 1. The second-order valence-electron chi connectivity index (χ2n) is 4.42. The minimum atomic E-state index is 0.0249. The molecule has 0 aliphatic heterocycles. The molecule has 0 aliphatic carbocycles. The zero-order valence-electron chi connectivity index (χ0n) is 11.5. The Balaban J connectivity index is 2.00. The van der Waals surface area contributed by atoms with Crippen LogP contribution in [0.2, 0.25) is 0 Å². The summed E-state index contributed by atoms with van der Waals surface area (Å²) >= 11 is 0. The number of nitrogens with zero attached hydrogens (tertiary/aromatic N) is 1. The van der Waals surface area contributed by atoms with Crippen LogP contribution < -0.4 is 5.32 Å². The van der Waals surface area contributed by atoms with Crippen molar-refractivity contribution in [2.75, 3.05) is 18.5 Å². The van der Waals surface area contributed by atoms with E-state index in [4.69, 9.17) is 10.00 Å². The van der Waals surface area contributed by atoms with Gasteiger partial charge in [0.15, 0.2) is 0 Å². The van der Waals surface area contributed by atoms with Crippen molar-refractivity contribution in [2.45, 2.75) is 13.0 Å². The van der Waals surface area contributed by atoms with Gasteiger partial charge in [0.1, 0.15) is 0 Å². The van der Waals surface area contributed by atoms with Gasteiger partial charge >= 0.3 is 0 Å². The average Bonchev–Trinajstić information content (AvgIpc) is 2.53. The minimum Gasteiger partial charge on any atom is -0.382 e. The van der Waals surface area contributed by atoms with E-state index in [2.05, 4.69) is 23.5 Å². The van der Waals surface area contributed by atoms with Gasteiger partial charge in [-0.15, -0.1) is 0 Å². The first-order valence-corrected chi connectivity index (χ1v) is 6.74. The lowest BCUT2D eigenvalue weighted by Gasteiger charge is -2.18. The van der Waals surface area contributed by atoms with Crippen LogP contribution >= 0.6 is 0 Å². The van der Waals surface area contributed by atoms with Gasteiger partial charge < -0.3 is 10.1 Å². The largest absolute Gasteiger partial charge is 0.382 e. The predicted octanol–water partition coefficient (Wildman–Crippen LogP) is 3.75. The van der Waals surface area contributed by atoms with Crippen LogP contribution in [0.1, 0.15) is 24.2 Å². The van der Waals surface area contributed by atoms with Crippen LogP contribution in [0.3, 0.4) is 0 Å². The molecule has 0 aliphatic rings. The van der Waals surface area contributed by atoms with Gasteiger partial charge in [0.05, 0.1) is 17.7 Å². The number of nitriles is 1. The maximum Gasteiger partial charge on any atom is 0.0996 e. The summed E-state index contributed by atoms with van der Waals surface area (Å²) in [5.74, 6) is 0. The Labute approximate surface area is 119 Å². The van der Waals surface area contributed by atoms with Crippen LogP contribution in [-0.2, 0) is 4.74 Å². The van der Waals surface area contributed by atoms with Crippen LogP contribution in [0.4, 0.5) is 5.69 Å². The fraction of sp³-hybridized carbons (Fsp3) is 0.235. The number of rotatable bonds is 6. The standard InChI is InChI=1S/C17H18N2O/c1-2-20-17(15-6-4-3-5-7-15)13-19-16-10-8-14(12-18)9-11-16/h3-11,17,19H,2,13H2,1H3. The molecule has 0 saturated heterocycles. The SMILES string of the molecule is CCOC(CNc1ccc(C#N)cc1)c1ccccc1. The third-order valence-corrected chi connectivity index (χ3v) is 3.04. The molecule has 1 unspecified atom stereocenters. The molecule has 0 heterocycles. The molecule has 2 rings (SSSR count). The quantitative estimate of drug-likeness (QED) is 0.866. The fourth-order valence-electron chi connectivity index (χ4n) is 2.02. The van der Waals surface area contributed by atoms with Gasteiger partial charge in [-0.1, -0.05) is 30.3 Å². The van der Waals surface area contributed by atoms with Gasteiger partial charge in [0.2, 0.25) is 0 Å². The lowest BCUT2D eigenvalue weighted by molar-refractivity contribution is 0.0719. The van der Waals surface area contributed by atoms with E-state index >= 15 is 0 Å². The zero-order chi connectivity index (χ0) is 14.2. The maximum atomic E-state index is 8.77. The molecule has 2 aromatic carbocycles. The number of benzene rings is 2. The first-order valence-electron chi connectivity index (χ1n) is 6.74. The predicted molar refractivity (Wildman–Crippen MR) is 80.5 cm³/mol. The second kappa shape index (κ2) is 7.32. The van der Waals surface area contributed by atoms with Crippen molar-refractivity contribution >= 4 is 5.69 Å². The van der Waals surface area contributed by atoms with Gasteiger partial charge in [-0.05, 0) is 36.8 Å². The molecule has 20 heavy (non-hydrogen) atoms. The molecule has 0 spiro atoms. The summed E-state index contributed by atoms with van der Waals surface area (Å²) in [7, 11) is 0. The van der Waals surface area contributed by atoms with Crippen LogP contribution in [0.5, 0.6) is 0 Å². The number of ether oxygens (including phenoxy) is 1. The van der Waals surface area contributed by atoms with E-state index in [-0.39, 0.29) is 6.10 Å². The summed E-state index contributed by atoms with van der Waals surface area (Å²) in [6.07, 6.45) is 0.0249. The molecule has 0 bridgehead atoms. The van der Waals surface area contributed by atoms with Crippen molar-refractivity contribution in [2.24, 2.45) is 0 Å². The molecule has 3 heteroatoms. The Morgan fingerprint density at radius 1 is 1.10 bits per heavy atom. The van der Waals surface area contributed by atoms with Gasteiger partial charge in [0, 0.05) is 18.8 Å². The molecule has 102 valence electrons. The molecule has 1 N–H and O–H groups in total. The van der Waals surface area contributed by atoms with E-state index in [1.54, 1.807) is 12.1 Å². The van der Waals surface area contributed by atoms with Crippen molar-refractivity contribution in [3.05, 3.63) is 65.7 Å². The number of hydrogen-bond acceptors (Lipinski definition) is 3. The molecular weight excluding hydrogens is 248 g/mol. The molecule has 2 aromatic rings. The van der Waals surface area contributed by atoms with E-state index in [1.165, 1.54) is 0 Å². The van der Waals surface area contributed by atoms with E-state index in [0.29, 0.717) is 18.7 Å². The maximum absolute atomic E-state index is 8.77. The fourth-order valence-corrected chi connectivity index (χ4v) is 2.02. The van der Waals surface area contributed by atoms with Gasteiger partial charge in [-0.3, -0.25) is 0 Å². The third kappa shape index (κ3) is 3.84. The Morgan fingerprint density at radius 2 is 1.80 bits per heavy atom. The van der Waals surface area contributed by atoms with E-state index in [1.807, 2.05) is 37.3 Å². The molecule has 0 amide bonds. The Morgan fingerprint density at radius 3 is 2.40 bits per heavy atom. The Kier molecular flexibility index (Phi) is 5.16. The summed E-state index contributed by atoms with van der Waals surface area (Å²) in [5.41, 5.74) is 2.82. The van der Waals surface area contributed by atoms with Crippen LogP contribution in [0, 0.1) is 11.3 Å². The highest BCUT2D eigenvalue weighted by Gasteiger charge is 2.10. The van der Waals surface area contributed by atoms with Crippen molar-refractivity contribution < 1.29 is 4.74 Å². The third-order valence-electron chi connectivity index (χ3n) is 3.04. The van der Waals surface area contributed by atoms with Gasteiger partial charge in [0.25, 0.3) is 0 Å². The van der Waals surface area contributed by atoms with Crippen LogP contribution in [0.25, 0.3) is 0 Å². The molecule has 0 radical (unpaired) electrons. The summed E-state index contributed by atoms with van der Waals surface area (Å²) in [5, 5.41) is 12.1. The molecule has 0 fully saturated rings. The van der Waals surface area contributed by atoms with Crippen LogP contribution in [-0.4, -0.2) is 13.2 Å². The number of hydrogen-bond donors (Lipinski definition) is 1. The lowest BCUT2D eigenvalue weighted by Crippen LogP contribution is -2.15. The molecule has 1 atom stereocenters. The average molecular weight is 266 g/mol. The normalized spacial score (nSPS) is 11.6. The van der Waals surface area contributed by atoms with E-state index < -0.39 is 0 Å². The molecular formula is C17H18N2O. The first-order chi connectivity index (χ1) is 9.83. The zero-order valence-corrected chi connectivity index (χ0v) is 11.5. The van der Waals surface area contributed by atoms with Crippen molar-refractivity contribution in [1.82, 2.24) is 0 Å². The Bertz CT molecular complexity index is 558. The highest BCUT2D eigenvalue weighted by Crippen LogP contribution is 2.18. The Hall–Kier alpha value is -2.31. The highest BCUT2D eigenvalue weighted by atomic mass is 16.5. The number of nitrogens with one attached hydrogen (secondary N) is 1. The van der Waals surface area contributed by atoms with Crippen LogP contribution in [0.15, 0.2) is 54.6 Å². The molecule has 3 nitrogen and oxygen atoms in total. The summed E-state index contributed by atoms with van der Waals surface area (Å²) in [6, 6.07) is 19.7. The van der Waals surface area contributed by atoms with Crippen molar-refractivity contribution in [3.8, 4) is 6.07 Å². The van der Waals surface area contributed by atoms with E-state index in [0.717, 1.165) is 11.3 Å². The summed E-state index contributed by atoms with van der Waals surface area (Å²) < 4.78 is 5.78. The van der Waals surface area contributed by atoms with E-state index in [9.17, 15) is 0 Å². The monoisotopic (exact) mass is 266 g/mol. The second-order valence-corrected chi connectivity index (χ2v) is 4.42. The smallest absolute Gasteiger partial charge is 0.0996 e. The van der Waals surface area contributed by atoms with Crippen molar-refractivity contribution in [1.29, 1.82) is 5.26 Å². The topological polar surface area (TPSA) is 45.0 Å². The van der Waals surface area contributed by atoms with Gasteiger partial charge in [-0.25, -0.2) is 0 Å². The lowest BCUT2D eigenvalue weighted by atomic mass is 10.1. The first kappa shape index (κ1) is 14.1. The minimum absolute atomic E-state index is 0.0249. The van der Waals surface area contributed by atoms with Gasteiger partial charge in [-0.2, -0.15) is 5.26 Å². The van der Waals surface area contributed by atoms with Crippen molar-refractivity contribution in [3.63, 3.8) is 0 Å².